The molecule has 0 amide bonds. The van der Waals surface area contributed by atoms with Crippen molar-refractivity contribution in [2.45, 2.75) is 0 Å². The molecule has 0 unspecified atom stereocenters. The van der Waals surface area contributed by atoms with Gasteiger partial charge in [-0.1, -0.05) is 46.0 Å². The van der Waals surface area contributed by atoms with Crippen LogP contribution in [0.25, 0.3) is 0 Å². The molecule has 0 aliphatic carbocycles. The number of hydrogen-bond acceptors (Lipinski definition) is 1. The van der Waals surface area contributed by atoms with Gasteiger partial charge in [0.05, 0.1) is 0 Å². The molecule has 0 aliphatic rings. The van der Waals surface area contributed by atoms with Gasteiger partial charge in [-0.05, 0) is 24.3 Å². The molecule has 19 heavy (non-hydrogen) atoms. The molecule has 0 N–H and O–H groups in total. The first kappa shape index (κ1) is 13.6. The summed E-state index contributed by atoms with van der Waals surface area (Å²) in [5.74, 6) is 3.47. The lowest BCUT2D eigenvalue weighted by Crippen LogP contribution is -1.98. The predicted molar refractivity (Wildman–Crippen MR) is 72.9 cm³/mol. The van der Waals surface area contributed by atoms with E-state index in [0.717, 1.165) is 11.6 Å². The predicted octanol–water partition coefficient (Wildman–Crippen LogP) is 4.16. The molecular formula is C15H9BrF2O. The Hall–Kier alpha value is -1.86. The summed E-state index contributed by atoms with van der Waals surface area (Å²) in [5, 5.41) is 0. The van der Waals surface area contributed by atoms with E-state index in [-0.39, 0.29) is 12.4 Å². The topological polar surface area (TPSA) is 9.23 Å². The molecule has 2 rings (SSSR count). The smallest absolute Gasteiger partial charge is 0.200 e. The van der Waals surface area contributed by atoms with Crippen molar-refractivity contribution in [1.29, 1.82) is 0 Å². The number of hydrogen-bond donors (Lipinski definition) is 0. The Morgan fingerprint density at radius 1 is 1.11 bits per heavy atom. The molecule has 96 valence electrons. The largest absolute Gasteiger partial charge is 0.478 e. The third-order valence-electron chi connectivity index (χ3n) is 2.27. The van der Waals surface area contributed by atoms with Gasteiger partial charge >= 0.3 is 0 Å². The summed E-state index contributed by atoms with van der Waals surface area (Å²) in [6.07, 6.45) is 0. The van der Waals surface area contributed by atoms with Gasteiger partial charge in [-0.3, -0.25) is 0 Å². The maximum atomic E-state index is 13.4. The van der Waals surface area contributed by atoms with Crippen molar-refractivity contribution in [1.82, 2.24) is 0 Å². The summed E-state index contributed by atoms with van der Waals surface area (Å²) in [6, 6.07) is 11.7. The summed E-state index contributed by atoms with van der Waals surface area (Å²) >= 11 is 3.07. The molecule has 4 heteroatoms. The van der Waals surface area contributed by atoms with Crippen LogP contribution >= 0.6 is 15.9 Å². The van der Waals surface area contributed by atoms with Gasteiger partial charge in [-0.25, -0.2) is 4.39 Å². The lowest BCUT2D eigenvalue weighted by molar-refractivity contribution is 0.338. The summed E-state index contributed by atoms with van der Waals surface area (Å²) in [6.45, 7) is -0.0122. The molecule has 0 aliphatic heterocycles. The van der Waals surface area contributed by atoms with E-state index in [1.165, 1.54) is 6.07 Å². The van der Waals surface area contributed by atoms with E-state index in [1.807, 2.05) is 30.3 Å². The van der Waals surface area contributed by atoms with E-state index in [0.29, 0.717) is 4.47 Å². The third kappa shape index (κ3) is 3.80. The van der Waals surface area contributed by atoms with Crippen LogP contribution in [0.5, 0.6) is 5.75 Å². The van der Waals surface area contributed by atoms with Gasteiger partial charge < -0.3 is 4.74 Å². The Morgan fingerprint density at radius 3 is 2.58 bits per heavy atom. The van der Waals surface area contributed by atoms with Crippen molar-refractivity contribution in [2.75, 3.05) is 6.61 Å². The van der Waals surface area contributed by atoms with Gasteiger partial charge in [0, 0.05) is 10.0 Å². The van der Waals surface area contributed by atoms with Crippen molar-refractivity contribution in [2.24, 2.45) is 0 Å². The summed E-state index contributed by atoms with van der Waals surface area (Å²) in [7, 11) is 0. The van der Waals surface area contributed by atoms with E-state index >= 15 is 0 Å². The molecule has 0 spiro atoms. The third-order valence-corrected chi connectivity index (χ3v) is 2.72. The Balaban J connectivity index is 2.03. The van der Waals surface area contributed by atoms with Gasteiger partial charge in [0.1, 0.15) is 6.61 Å². The first-order chi connectivity index (χ1) is 9.16. The van der Waals surface area contributed by atoms with Gasteiger partial charge in [-0.15, -0.1) is 0 Å². The normalized spacial score (nSPS) is 9.63. The molecule has 2 aromatic carbocycles. The molecule has 0 fully saturated rings. The van der Waals surface area contributed by atoms with Crippen LogP contribution in [0.15, 0.2) is 46.9 Å². The Bertz CT molecular complexity index is 630. The van der Waals surface area contributed by atoms with Crippen LogP contribution in [0, 0.1) is 23.5 Å². The minimum absolute atomic E-state index is 0.0122. The molecule has 2 aromatic rings. The van der Waals surface area contributed by atoms with Crippen molar-refractivity contribution in [3.63, 3.8) is 0 Å². The van der Waals surface area contributed by atoms with E-state index < -0.39 is 11.6 Å². The standard InChI is InChI=1S/C15H9BrF2O/c16-12-9-13(17)15(18)14(10-12)19-8-4-7-11-5-2-1-3-6-11/h1-3,5-6,9-10H,8H2. The summed E-state index contributed by atoms with van der Waals surface area (Å²) < 4.78 is 32.0. The lowest BCUT2D eigenvalue weighted by Gasteiger charge is -2.04. The Kier molecular flexibility index (Phi) is 4.53. The zero-order chi connectivity index (χ0) is 13.7. The van der Waals surface area contributed by atoms with Crippen molar-refractivity contribution < 1.29 is 13.5 Å². The molecule has 0 heterocycles. The first-order valence-corrected chi connectivity index (χ1v) is 6.27. The molecule has 0 aromatic heterocycles. The number of benzene rings is 2. The molecule has 0 saturated carbocycles. The van der Waals surface area contributed by atoms with Crippen LogP contribution in [-0.4, -0.2) is 6.61 Å². The average molecular weight is 323 g/mol. The highest BCUT2D eigenvalue weighted by Gasteiger charge is 2.10. The van der Waals surface area contributed by atoms with Crippen LogP contribution in [-0.2, 0) is 0 Å². The maximum absolute atomic E-state index is 13.4. The highest BCUT2D eigenvalue weighted by molar-refractivity contribution is 9.10. The van der Waals surface area contributed by atoms with Gasteiger partial charge in [-0.2, -0.15) is 4.39 Å². The molecule has 0 saturated heterocycles. The second-order valence-corrected chi connectivity index (χ2v) is 4.57. The van der Waals surface area contributed by atoms with E-state index in [2.05, 4.69) is 27.8 Å². The highest BCUT2D eigenvalue weighted by atomic mass is 79.9. The minimum Gasteiger partial charge on any atom is -0.478 e. The van der Waals surface area contributed by atoms with E-state index in [9.17, 15) is 8.78 Å². The first-order valence-electron chi connectivity index (χ1n) is 5.48. The maximum Gasteiger partial charge on any atom is 0.200 e. The number of ether oxygens (including phenoxy) is 1. The van der Waals surface area contributed by atoms with Gasteiger partial charge in [0.2, 0.25) is 5.82 Å². The van der Waals surface area contributed by atoms with Crippen LogP contribution in [0.2, 0.25) is 0 Å². The molecular weight excluding hydrogens is 314 g/mol. The quantitative estimate of drug-likeness (QED) is 0.596. The second-order valence-electron chi connectivity index (χ2n) is 3.66. The van der Waals surface area contributed by atoms with Gasteiger partial charge in [0.25, 0.3) is 0 Å². The summed E-state index contributed by atoms with van der Waals surface area (Å²) in [4.78, 5) is 0. The Morgan fingerprint density at radius 2 is 1.84 bits per heavy atom. The SMILES string of the molecule is Fc1cc(Br)cc(OCC#Cc2ccccc2)c1F. The van der Waals surface area contributed by atoms with Crippen LogP contribution in [0.3, 0.4) is 0 Å². The fourth-order valence-corrected chi connectivity index (χ4v) is 1.82. The zero-order valence-corrected chi connectivity index (χ0v) is 11.4. The van der Waals surface area contributed by atoms with Crippen molar-refractivity contribution in [3.05, 3.63) is 64.1 Å². The van der Waals surface area contributed by atoms with Crippen LogP contribution in [0.1, 0.15) is 5.56 Å². The van der Waals surface area contributed by atoms with Crippen molar-refractivity contribution >= 4 is 15.9 Å². The molecule has 0 bridgehead atoms. The summed E-state index contributed by atoms with van der Waals surface area (Å²) in [5.41, 5.74) is 0.840. The van der Waals surface area contributed by atoms with Crippen LogP contribution in [0.4, 0.5) is 8.78 Å². The minimum atomic E-state index is -1.01. The monoisotopic (exact) mass is 322 g/mol. The molecule has 0 atom stereocenters. The van der Waals surface area contributed by atoms with E-state index in [1.54, 1.807) is 0 Å². The molecule has 1 nitrogen and oxygen atoms in total. The van der Waals surface area contributed by atoms with Gasteiger partial charge in [0.15, 0.2) is 11.6 Å². The van der Waals surface area contributed by atoms with E-state index in [4.69, 9.17) is 4.74 Å². The second kappa shape index (κ2) is 6.35. The average Bonchev–Trinajstić information content (AvgIpc) is 2.41. The highest BCUT2D eigenvalue weighted by Crippen LogP contribution is 2.25. The lowest BCUT2D eigenvalue weighted by atomic mass is 10.2. The number of rotatable bonds is 2. The molecule has 0 radical (unpaired) electrons. The van der Waals surface area contributed by atoms with Crippen LogP contribution < -0.4 is 4.74 Å². The zero-order valence-electron chi connectivity index (χ0n) is 9.79. The number of halogens is 3. The van der Waals surface area contributed by atoms with Crippen molar-refractivity contribution in [3.8, 4) is 17.6 Å². The fraction of sp³-hybridized carbons (Fsp3) is 0.0667. The fourth-order valence-electron chi connectivity index (χ4n) is 1.41. The Labute approximate surface area is 118 Å².